The zero-order chi connectivity index (χ0) is 13.5. The van der Waals surface area contributed by atoms with Gasteiger partial charge in [-0.15, -0.1) is 0 Å². The Morgan fingerprint density at radius 2 is 2.16 bits per heavy atom. The van der Waals surface area contributed by atoms with E-state index in [9.17, 15) is 4.39 Å². The van der Waals surface area contributed by atoms with Crippen LogP contribution in [0, 0.1) is 11.7 Å². The van der Waals surface area contributed by atoms with Gasteiger partial charge >= 0.3 is 0 Å². The Morgan fingerprint density at radius 1 is 1.42 bits per heavy atom. The van der Waals surface area contributed by atoms with Crippen molar-refractivity contribution in [2.75, 3.05) is 13.1 Å². The molecule has 1 aliphatic heterocycles. The highest BCUT2D eigenvalue weighted by Crippen LogP contribution is 2.41. The fourth-order valence-electron chi connectivity index (χ4n) is 2.99. The summed E-state index contributed by atoms with van der Waals surface area (Å²) in [7, 11) is 0. The molecule has 1 fully saturated rings. The third-order valence-corrected chi connectivity index (χ3v) is 4.39. The second-order valence-corrected chi connectivity index (χ2v) is 5.59. The Labute approximate surface area is 113 Å². The lowest BCUT2D eigenvalue weighted by atomic mass is 9.85. The van der Waals surface area contributed by atoms with E-state index in [0.29, 0.717) is 18.4 Å². The number of rotatable bonds is 4. The standard InChI is InChI=1S/C15H20FN3/c1-2-15(12-5-3-4-6-13(12)16)10-18-14(17)19(15)9-11-7-8-11/h3-6,11H,2,7-10H2,1H3,(H2,17,18). The molecule has 0 aromatic heterocycles. The zero-order valence-electron chi connectivity index (χ0n) is 11.3. The van der Waals surface area contributed by atoms with Crippen molar-refractivity contribution in [3.05, 3.63) is 35.6 Å². The number of benzene rings is 1. The Kier molecular flexibility index (Phi) is 2.96. The van der Waals surface area contributed by atoms with Gasteiger partial charge in [-0.05, 0) is 31.2 Å². The molecule has 0 radical (unpaired) electrons. The quantitative estimate of drug-likeness (QED) is 0.904. The molecule has 1 aromatic carbocycles. The van der Waals surface area contributed by atoms with Crippen LogP contribution in [-0.2, 0) is 5.54 Å². The summed E-state index contributed by atoms with van der Waals surface area (Å²) >= 11 is 0. The maximum Gasteiger partial charge on any atom is 0.192 e. The van der Waals surface area contributed by atoms with E-state index in [-0.39, 0.29) is 5.82 Å². The van der Waals surface area contributed by atoms with Crippen LogP contribution in [0.3, 0.4) is 0 Å². The molecule has 0 amide bonds. The summed E-state index contributed by atoms with van der Waals surface area (Å²) in [5.41, 5.74) is 6.38. The summed E-state index contributed by atoms with van der Waals surface area (Å²) in [4.78, 5) is 6.52. The van der Waals surface area contributed by atoms with Crippen LogP contribution < -0.4 is 5.73 Å². The van der Waals surface area contributed by atoms with E-state index in [1.807, 2.05) is 12.1 Å². The first-order valence-corrected chi connectivity index (χ1v) is 7.00. The van der Waals surface area contributed by atoms with Gasteiger partial charge in [0.1, 0.15) is 5.82 Å². The van der Waals surface area contributed by atoms with Crippen molar-refractivity contribution >= 4 is 5.96 Å². The summed E-state index contributed by atoms with van der Waals surface area (Å²) in [6.45, 7) is 3.54. The molecule has 1 saturated carbocycles. The van der Waals surface area contributed by atoms with Crippen LogP contribution in [-0.4, -0.2) is 23.9 Å². The minimum Gasteiger partial charge on any atom is -0.370 e. The van der Waals surface area contributed by atoms with Gasteiger partial charge in [-0.3, -0.25) is 4.99 Å². The van der Waals surface area contributed by atoms with Crippen molar-refractivity contribution in [3.63, 3.8) is 0 Å². The first kappa shape index (κ1) is 12.5. The Hall–Kier alpha value is -1.58. The molecule has 0 saturated heterocycles. The first-order chi connectivity index (χ1) is 9.17. The normalized spacial score (nSPS) is 26.6. The molecule has 102 valence electrons. The summed E-state index contributed by atoms with van der Waals surface area (Å²) in [6, 6.07) is 7.01. The van der Waals surface area contributed by atoms with Gasteiger partial charge in [0.15, 0.2) is 5.96 Å². The van der Waals surface area contributed by atoms with Crippen LogP contribution in [0.1, 0.15) is 31.7 Å². The Balaban J connectivity index is 2.00. The highest BCUT2D eigenvalue weighted by molar-refractivity contribution is 5.81. The molecule has 4 heteroatoms. The van der Waals surface area contributed by atoms with Gasteiger partial charge in [0.25, 0.3) is 0 Å². The zero-order valence-corrected chi connectivity index (χ0v) is 11.3. The second-order valence-electron chi connectivity index (χ2n) is 5.59. The van der Waals surface area contributed by atoms with Gasteiger partial charge in [0.2, 0.25) is 0 Å². The summed E-state index contributed by atoms with van der Waals surface area (Å²) in [6.07, 6.45) is 3.31. The summed E-state index contributed by atoms with van der Waals surface area (Å²) in [5, 5.41) is 0. The first-order valence-electron chi connectivity index (χ1n) is 7.00. The Bertz CT molecular complexity index is 510. The SMILES string of the molecule is CCC1(c2ccccc2F)CN=C(N)N1CC1CC1. The van der Waals surface area contributed by atoms with Crippen LogP contribution in [0.4, 0.5) is 4.39 Å². The molecular formula is C15H20FN3. The molecule has 1 unspecified atom stereocenters. The monoisotopic (exact) mass is 261 g/mol. The van der Waals surface area contributed by atoms with Crippen LogP contribution in [0.2, 0.25) is 0 Å². The summed E-state index contributed by atoms with van der Waals surface area (Å²) in [5.74, 6) is 1.11. The van der Waals surface area contributed by atoms with E-state index in [1.165, 1.54) is 18.9 Å². The molecule has 3 nitrogen and oxygen atoms in total. The molecule has 19 heavy (non-hydrogen) atoms. The van der Waals surface area contributed by atoms with Crippen molar-refractivity contribution in [2.45, 2.75) is 31.7 Å². The minimum absolute atomic E-state index is 0.157. The van der Waals surface area contributed by atoms with Gasteiger partial charge in [-0.1, -0.05) is 25.1 Å². The van der Waals surface area contributed by atoms with E-state index in [0.717, 1.165) is 18.5 Å². The smallest absolute Gasteiger partial charge is 0.192 e. The molecule has 2 aliphatic rings. The van der Waals surface area contributed by atoms with Gasteiger partial charge in [-0.25, -0.2) is 4.39 Å². The largest absolute Gasteiger partial charge is 0.370 e. The number of nitrogens with two attached hydrogens (primary N) is 1. The van der Waals surface area contributed by atoms with Crippen molar-refractivity contribution in [3.8, 4) is 0 Å². The molecule has 1 atom stereocenters. The molecular weight excluding hydrogens is 241 g/mol. The van der Waals surface area contributed by atoms with Crippen molar-refractivity contribution < 1.29 is 4.39 Å². The Morgan fingerprint density at radius 3 is 2.79 bits per heavy atom. The van der Waals surface area contributed by atoms with Crippen molar-refractivity contribution in [2.24, 2.45) is 16.6 Å². The van der Waals surface area contributed by atoms with Crippen LogP contribution in [0.15, 0.2) is 29.3 Å². The maximum atomic E-state index is 14.2. The van der Waals surface area contributed by atoms with Crippen molar-refractivity contribution in [1.29, 1.82) is 0 Å². The fraction of sp³-hybridized carbons (Fsp3) is 0.533. The van der Waals surface area contributed by atoms with E-state index in [2.05, 4.69) is 16.8 Å². The fourth-order valence-corrected chi connectivity index (χ4v) is 2.99. The van der Waals surface area contributed by atoms with E-state index in [1.54, 1.807) is 6.07 Å². The molecule has 3 rings (SSSR count). The number of guanidine groups is 1. The molecule has 1 heterocycles. The predicted molar refractivity (Wildman–Crippen MR) is 74.3 cm³/mol. The van der Waals surface area contributed by atoms with E-state index >= 15 is 0 Å². The average molecular weight is 261 g/mol. The van der Waals surface area contributed by atoms with Crippen LogP contribution in [0.5, 0.6) is 0 Å². The van der Waals surface area contributed by atoms with E-state index in [4.69, 9.17) is 5.73 Å². The predicted octanol–water partition coefficient (Wildman–Crippen LogP) is 2.47. The number of hydrogen-bond donors (Lipinski definition) is 1. The molecule has 0 spiro atoms. The van der Waals surface area contributed by atoms with Crippen molar-refractivity contribution in [1.82, 2.24) is 4.90 Å². The number of nitrogens with zero attached hydrogens (tertiary/aromatic N) is 2. The number of hydrogen-bond acceptors (Lipinski definition) is 3. The van der Waals surface area contributed by atoms with Gasteiger partial charge < -0.3 is 10.6 Å². The lowest BCUT2D eigenvalue weighted by Crippen LogP contribution is -2.50. The minimum atomic E-state index is -0.391. The van der Waals surface area contributed by atoms with E-state index < -0.39 is 5.54 Å². The average Bonchev–Trinajstić information content (AvgIpc) is 3.18. The molecule has 1 aromatic rings. The number of halogens is 1. The van der Waals surface area contributed by atoms with Gasteiger partial charge in [-0.2, -0.15) is 0 Å². The summed E-state index contributed by atoms with van der Waals surface area (Å²) < 4.78 is 14.2. The molecule has 0 bridgehead atoms. The van der Waals surface area contributed by atoms with Crippen LogP contribution in [0.25, 0.3) is 0 Å². The lowest BCUT2D eigenvalue weighted by Gasteiger charge is -2.39. The third kappa shape index (κ3) is 1.99. The maximum absolute atomic E-state index is 14.2. The lowest BCUT2D eigenvalue weighted by molar-refractivity contribution is 0.181. The topological polar surface area (TPSA) is 41.6 Å². The second kappa shape index (κ2) is 4.51. The highest BCUT2D eigenvalue weighted by Gasteiger charge is 2.45. The number of aliphatic imine (C=N–C) groups is 1. The van der Waals surface area contributed by atoms with Gasteiger partial charge in [0.05, 0.1) is 12.1 Å². The molecule has 2 N–H and O–H groups in total. The van der Waals surface area contributed by atoms with Gasteiger partial charge in [0, 0.05) is 12.1 Å². The van der Waals surface area contributed by atoms with Crippen LogP contribution >= 0.6 is 0 Å². The molecule has 1 aliphatic carbocycles. The highest BCUT2D eigenvalue weighted by atomic mass is 19.1. The third-order valence-electron chi connectivity index (χ3n) is 4.39.